The molecule has 0 bridgehead atoms. The zero-order valence-electron chi connectivity index (χ0n) is 16.0. The number of halogens is 1. The van der Waals surface area contributed by atoms with Gasteiger partial charge in [0.05, 0.1) is 18.4 Å². The molecule has 0 radical (unpaired) electrons. The SMILES string of the molecule is COC(=O)c1ccc(CNC(=O)/C=C/c2c(C)nn(CC(C)C)c2Cl)cc1. The molecular formula is C20H24ClN3O3. The van der Waals surface area contributed by atoms with E-state index in [0.29, 0.717) is 23.2 Å². The molecule has 27 heavy (non-hydrogen) atoms. The number of carbonyl (C=O) groups excluding carboxylic acids is 2. The highest BCUT2D eigenvalue weighted by molar-refractivity contribution is 6.31. The first kappa shape index (κ1) is 20.7. The van der Waals surface area contributed by atoms with Crippen molar-refractivity contribution in [2.75, 3.05) is 7.11 Å². The predicted molar refractivity (Wildman–Crippen MR) is 105 cm³/mol. The standard InChI is InChI=1S/C20H24ClN3O3/c1-13(2)12-24-19(21)17(14(3)23-24)9-10-18(25)22-11-15-5-7-16(8-6-15)20(26)27-4/h5-10,13H,11-12H2,1-4H3,(H,22,25)/b10-9+. The van der Waals surface area contributed by atoms with Crippen LogP contribution in [0.2, 0.25) is 5.15 Å². The van der Waals surface area contributed by atoms with Crippen molar-refractivity contribution in [3.8, 4) is 0 Å². The molecule has 0 aliphatic carbocycles. The Labute approximate surface area is 164 Å². The number of nitrogens with one attached hydrogen (secondary N) is 1. The van der Waals surface area contributed by atoms with Crippen LogP contribution in [0.25, 0.3) is 6.08 Å². The van der Waals surface area contributed by atoms with Crippen molar-refractivity contribution in [2.45, 2.75) is 33.9 Å². The Kier molecular flexibility index (Phi) is 7.19. The van der Waals surface area contributed by atoms with E-state index >= 15 is 0 Å². The summed E-state index contributed by atoms with van der Waals surface area (Å²) in [5.41, 5.74) is 2.87. The highest BCUT2D eigenvalue weighted by Crippen LogP contribution is 2.22. The lowest BCUT2D eigenvalue weighted by Crippen LogP contribution is -2.20. The Morgan fingerprint density at radius 3 is 2.56 bits per heavy atom. The van der Waals surface area contributed by atoms with Gasteiger partial charge in [-0.2, -0.15) is 5.10 Å². The van der Waals surface area contributed by atoms with Crippen LogP contribution in [-0.2, 0) is 22.6 Å². The smallest absolute Gasteiger partial charge is 0.337 e. The summed E-state index contributed by atoms with van der Waals surface area (Å²) in [6.45, 7) is 7.12. The molecule has 2 rings (SSSR count). The maximum atomic E-state index is 12.1. The minimum atomic E-state index is -0.390. The molecule has 6 nitrogen and oxygen atoms in total. The van der Waals surface area contributed by atoms with Gasteiger partial charge in [-0.3, -0.25) is 9.48 Å². The van der Waals surface area contributed by atoms with Crippen LogP contribution in [0.3, 0.4) is 0 Å². The lowest BCUT2D eigenvalue weighted by molar-refractivity contribution is -0.116. The average molecular weight is 390 g/mol. The monoisotopic (exact) mass is 389 g/mol. The van der Waals surface area contributed by atoms with E-state index < -0.39 is 5.97 Å². The second-order valence-electron chi connectivity index (χ2n) is 6.61. The number of ether oxygens (including phenoxy) is 1. The number of aryl methyl sites for hydroxylation is 1. The third-order valence-electron chi connectivity index (χ3n) is 3.89. The number of benzene rings is 1. The van der Waals surface area contributed by atoms with Crippen LogP contribution in [0.15, 0.2) is 30.3 Å². The van der Waals surface area contributed by atoms with Crippen LogP contribution < -0.4 is 5.32 Å². The van der Waals surface area contributed by atoms with Crippen molar-refractivity contribution >= 4 is 29.6 Å². The van der Waals surface area contributed by atoms with Gasteiger partial charge in [-0.1, -0.05) is 37.6 Å². The van der Waals surface area contributed by atoms with Gasteiger partial charge in [-0.15, -0.1) is 0 Å². The van der Waals surface area contributed by atoms with Gasteiger partial charge in [0.15, 0.2) is 0 Å². The normalized spacial score (nSPS) is 11.2. The summed E-state index contributed by atoms with van der Waals surface area (Å²) in [5.74, 6) is -0.203. The second-order valence-corrected chi connectivity index (χ2v) is 6.96. The third-order valence-corrected chi connectivity index (χ3v) is 4.29. The minimum Gasteiger partial charge on any atom is -0.465 e. The Balaban J connectivity index is 1.96. The molecule has 0 unspecified atom stereocenters. The largest absolute Gasteiger partial charge is 0.465 e. The van der Waals surface area contributed by atoms with Crippen molar-refractivity contribution in [2.24, 2.45) is 5.92 Å². The first-order valence-corrected chi connectivity index (χ1v) is 9.05. The predicted octanol–water partition coefficient (Wildman–Crippen LogP) is 3.62. The zero-order chi connectivity index (χ0) is 20.0. The van der Waals surface area contributed by atoms with Crippen LogP contribution >= 0.6 is 11.6 Å². The van der Waals surface area contributed by atoms with Gasteiger partial charge in [0.1, 0.15) is 5.15 Å². The molecule has 7 heteroatoms. The fourth-order valence-electron chi connectivity index (χ4n) is 2.51. The van der Waals surface area contributed by atoms with Crippen molar-refractivity contribution in [3.63, 3.8) is 0 Å². The zero-order valence-corrected chi connectivity index (χ0v) is 16.7. The number of carbonyl (C=O) groups is 2. The van der Waals surface area contributed by atoms with E-state index in [0.717, 1.165) is 23.4 Å². The van der Waals surface area contributed by atoms with E-state index in [1.54, 1.807) is 35.0 Å². The highest BCUT2D eigenvalue weighted by Gasteiger charge is 2.12. The number of aromatic nitrogens is 2. The topological polar surface area (TPSA) is 73.2 Å². The van der Waals surface area contributed by atoms with E-state index in [1.807, 2.05) is 6.92 Å². The van der Waals surface area contributed by atoms with Crippen LogP contribution in [0.4, 0.5) is 0 Å². The summed E-state index contributed by atoms with van der Waals surface area (Å²) >= 11 is 6.36. The Hall–Kier alpha value is -2.60. The number of rotatable bonds is 7. The second kappa shape index (κ2) is 9.37. The van der Waals surface area contributed by atoms with Crippen molar-refractivity contribution in [3.05, 3.63) is 57.9 Å². The molecule has 0 aliphatic rings. The third kappa shape index (κ3) is 5.69. The summed E-state index contributed by atoms with van der Waals surface area (Å²) in [6, 6.07) is 6.87. The maximum absolute atomic E-state index is 12.1. The number of amides is 1. The molecule has 0 saturated carbocycles. The summed E-state index contributed by atoms with van der Waals surface area (Å²) in [4.78, 5) is 23.5. The molecule has 0 aliphatic heterocycles. The molecule has 2 aromatic rings. The van der Waals surface area contributed by atoms with E-state index in [-0.39, 0.29) is 5.91 Å². The molecule has 1 aromatic carbocycles. The number of esters is 1. The summed E-state index contributed by atoms with van der Waals surface area (Å²) in [6.07, 6.45) is 3.12. The van der Waals surface area contributed by atoms with Crippen molar-refractivity contribution < 1.29 is 14.3 Å². The van der Waals surface area contributed by atoms with Gasteiger partial charge < -0.3 is 10.1 Å². The Morgan fingerprint density at radius 1 is 1.30 bits per heavy atom. The van der Waals surface area contributed by atoms with Gasteiger partial charge in [-0.25, -0.2) is 4.79 Å². The van der Waals surface area contributed by atoms with Gasteiger partial charge in [0, 0.05) is 24.7 Å². The lowest BCUT2D eigenvalue weighted by atomic mass is 10.1. The summed E-state index contributed by atoms with van der Waals surface area (Å²) < 4.78 is 6.41. The highest BCUT2D eigenvalue weighted by atomic mass is 35.5. The number of nitrogens with zero attached hydrogens (tertiary/aromatic N) is 2. The number of methoxy groups -OCH3 is 1. The fraction of sp³-hybridized carbons (Fsp3) is 0.350. The molecule has 1 amide bonds. The molecule has 0 spiro atoms. The fourth-order valence-corrected chi connectivity index (χ4v) is 2.81. The first-order valence-electron chi connectivity index (χ1n) is 8.68. The van der Waals surface area contributed by atoms with E-state index in [4.69, 9.17) is 11.6 Å². The quantitative estimate of drug-likeness (QED) is 0.579. The molecule has 1 N–H and O–H groups in total. The molecule has 0 atom stereocenters. The van der Waals surface area contributed by atoms with Gasteiger partial charge in [-0.05, 0) is 36.6 Å². The Morgan fingerprint density at radius 2 is 1.96 bits per heavy atom. The lowest BCUT2D eigenvalue weighted by Gasteiger charge is -2.05. The van der Waals surface area contributed by atoms with Crippen LogP contribution in [-0.4, -0.2) is 28.8 Å². The molecule has 1 heterocycles. The molecule has 144 valence electrons. The van der Waals surface area contributed by atoms with E-state index in [1.165, 1.54) is 13.2 Å². The average Bonchev–Trinajstić information content (AvgIpc) is 2.90. The summed E-state index contributed by atoms with van der Waals surface area (Å²) in [5, 5.41) is 7.74. The number of hydrogen-bond donors (Lipinski definition) is 1. The van der Waals surface area contributed by atoms with Crippen LogP contribution in [0, 0.1) is 12.8 Å². The molecular weight excluding hydrogens is 366 g/mol. The Bertz CT molecular complexity index is 839. The van der Waals surface area contributed by atoms with Gasteiger partial charge in [0.25, 0.3) is 0 Å². The molecule has 1 aromatic heterocycles. The van der Waals surface area contributed by atoms with Gasteiger partial charge >= 0.3 is 5.97 Å². The van der Waals surface area contributed by atoms with Crippen LogP contribution in [0.5, 0.6) is 0 Å². The number of hydrogen-bond acceptors (Lipinski definition) is 4. The van der Waals surface area contributed by atoms with Gasteiger partial charge in [0.2, 0.25) is 5.91 Å². The maximum Gasteiger partial charge on any atom is 0.337 e. The molecule has 0 fully saturated rings. The van der Waals surface area contributed by atoms with Crippen molar-refractivity contribution in [1.82, 2.24) is 15.1 Å². The van der Waals surface area contributed by atoms with E-state index in [9.17, 15) is 9.59 Å². The van der Waals surface area contributed by atoms with Crippen molar-refractivity contribution in [1.29, 1.82) is 0 Å². The molecule has 0 saturated heterocycles. The first-order chi connectivity index (χ1) is 12.8. The summed E-state index contributed by atoms with van der Waals surface area (Å²) in [7, 11) is 1.34. The minimum absolute atomic E-state index is 0.237. The van der Waals surface area contributed by atoms with E-state index in [2.05, 4.69) is 29.0 Å². The van der Waals surface area contributed by atoms with Crippen LogP contribution in [0.1, 0.15) is 41.0 Å².